The summed E-state index contributed by atoms with van der Waals surface area (Å²) in [5.41, 5.74) is 8.48. The molecule has 1 aromatic heterocycles. The number of nitrogens with zero attached hydrogens (tertiary/aromatic N) is 1. The third-order valence-corrected chi connectivity index (χ3v) is 2.09. The van der Waals surface area contributed by atoms with Gasteiger partial charge in [0, 0.05) is 18.1 Å². The van der Waals surface area contributed by atoms with E-state index in [0.29, 0.717) is 0 Å². The molecule has 0 spiro atoms. The van der Waals surface area contributed by atoms with E-state index in [2.05, 4.69) is 5.43 Å². The highest BCUT2D eigenvalue weighted by atomic mass is 19.1. The van der Waals surface area contributed by atoms with E-state index in [1.54, 1.807) is 24.5 Å². The van der Waals surface area contributed by atoms with E-state index in [9.17, 15) is 9.18 Å². The van der Waals surface area contributed by atoms with E-state index >= 15 is 0 Å². The van der Waals surface area contributed by atoms with Crippen molar-refractivity contribution in [2.75, 3.05) is 11.2 Å². The minimum absolute atomic E-state index is 0.115. The van der Waals surface area contributed by atoms with Gasteiger partial charge >= 0.3 is 0 Å². The van der Waals surface area contributed by atoms with E-state index in [-0.39, 0.29) is 17.2 Å². The third-order valence-electron chi connectivity index (χ3n) is 2.09. The molecule has 0 fully saturated rings. The minimum atomic E-state index is -0.463. The molecular weight excluding hydrogens is 209 g/mol. The Morgan fingerprint density at radius 2 is 2.00 bits per heavy atom. The number of hydrogen-bond donors (Lipinski definition) is 2. The van der Waals surface area contributed by atoms with Crippen molar-refractivity contribution >= 4 is 11.6 Å². The number of anilines is 1. The molecule has 1 heterocycles. The van der Waals surface area contributed by atoms with Crippen LogP contribution < -0.4 is 11.2 Å². The molecule has 0 aliphatic carbocycles. The highest BCUT2D eigenvalue weighted by Crippen LogP contribution is 2.13. The third kappa shape index (κ3) is 2.03. The Morgan fingerprint density at radius 1 is 1.31 bits per heavy atom. The van der Waals surface area contributed by atoms with Crippen molar-refractivity contribution in [1.82, 2.24) is 4.68 Å². The van der Waals surface area contributed by atoms with Gasteiger partial charge in [-0.15, -0.1) is 0 Å². The van der Waals surface area contributed by atoms with Crippen LogP contribution in [0.3, 0.4) is 0 Å². The number of hydrogen-bond acceptors (Lipinski definition) is 2. The molecule has 0 bridgehead atoms. The maximum atomic E-state index is 12.8. The van der Waals surface area contributed by atoms with Crippen molar-refractivity contribution in [3.63, 3.8) is 0 Å². The van der Waals surface area contributed by atoms with E-state index in [0.717, 1.165) is 6.07 Å². The molecule has 0 radical (unpaired) electrons. The van der Waals surface area contributed by atoms with Crippen LogP contribution in [0.4, 0.5) is 10.1 Å². The highest BCUT2D eigenvalue weighted by Gasteiger charge is 2.09. The fourth-order valence-corrected chi connectivity index (χ4v) is 1.33. The van der Waals surface area contributed by atoms with Crippen LogP contribution in [-0.2, 0) is 0 Å². The van der Waals surface area contributed by atoms with Gasteiger partial charge < -0.3 is 5.73 Å². The van der Waals surface area contributed by atoms with Gasteiger partial charge in [0.1, 0.15) is 5.82 Å². The number of aromatic nitrogens is 1. The Labute approximate surface area is 91.5 Å². The summed E-state index contributed by atoms with van der Waals surface area (Å²) >= 11 is 0. The average Bonchev–Trinajstić information content (AvgIpc) is 2.70. The second-order valence-corrected chi connectivity index (χ2v) is 3.26. The van der Waals surface area contributed by atoms with Crippen LogP contribution in [0.2, 0.25) is 0 Å². The molecular formula is C11H10FN3O. The Morgan fingerprint density at radius 3 is 2.62 bits per heavy atom. The first-order chi connectivity index (χ1) is 7.66. The number of carbonyl (C=O) groups excluding carboxylic acids is 1. The first-order valence-corrected chi connectivity index (χ1v) is 4.66. The number of amides is 1. The molecule has 0 saturated heterocycles. The summed E-state index contributed by atoms with van der Waals surface area (Å²) < 4.78 is 14.3. The van der Waals surface area contributed by atoms with Crippen LogP contribution in [0.25, 0.3) is 0 Å². The monoisotopic (exact) mass is 219 g/mol. The second-order valence-electron chi connectivity index (χ2n) is 3.26. The molecule has 2 rings (SSSR count). The Balaban J connectivity index is 2.21. The first-order valence-electron chi connectivity index (χ1n) is 4.66. The molecule has 3 N–H and O–H groups in total. The lowest BCUT2D eigenvalue weighted by Gasteiger charge is -2.07. The number of rotatable bonds is 2. The Bertz CT molecular complexity index is 508. The van der Waals surface area contributed by atoms with Gasteiger partial charge in [-0.25, -0.2) is 4.39 Å². The molecule has 1 amide bonds. The number of carbonyl (C=O) groups is 1. The lowest BCUT2D eigenvalue weighted by molar-refractivity contribution is 0.101. The van der Waals surface area contributed by atoms with E-state index < -0.39 is 5.82 Å². The smallest absolute Gasteiger partial charge is 0.272 e. The van der Waals surface area contributed by atoms with Crippen LogP contribution >= 0.6 is 0 Å². The van der Waals surface area contributed by atoms with Crippen LogP contribution in [-0.4, -0.2) is 10.6 Å². The fourth-order valence-electron chi connectivity index (χ4n) is 1.33. The number of nitrogens with one attached hydrogen (secondary N) is 1. The minimum Gasteiger partial charge on any atom is -0.398 e. The quantitative estimate of drug-likeness (QED) is 0.753. The number of benzene rings is 1. The molecule has 0 unspecified atom stereocenters. The molecule has 1 aromatic carbocycles. The predicted molar refractivity (Wildman–Crippen MR) is 58.9 cm³/mol. The zero-order chi connectivity index (χ0) is 11.5. The van der Waals surface area contributed by atoms with Crippen molar-refractivity contribution in [2.24, 2.45) is 0 Å². The maximum absolute atomic E-state index is 12.8. The number of nitrogens with two attached hydrogens (primary N) is 1. The van der Waals surface area contributed by atoms with Crippen LogP contribution in [0.15, 0.2) is 42.7 Å². The summed E-state index contributed by atoms with van der Waals surface area (Å²) in [6.07, 6.45) is 3.36. The zero-order valence-corrected chi connectivity index (χ0v) is 8.35. The molecule has 4 nitrogen and oxygen atoms in total. The molecule has 2 aromatic rings. The van der Waals surface area contributed by atoms with Crippen molar-refractivity contribution in [1.29, 1.82) is 0 Å². The zero-order valence-electron chi connectivity index (χ0n) is 8.35. The van der Waals surface area contributed by atoms with Crippen LogP contribution in [0, 0.1) is 5.82 Å². The fraction of sp³-hybridized carbons (Fsp3) is 0. The molecule has 0 aliphatic heterocycles. The van der Waals surface area contributed by atoms with Crippen molar-refractivity contribution in [2.45, 2.75) is 0 Å². The van der Waals surface area contributed by atoms with Gasteiger partial charge in [-0.1, -0.05) is 0 Å². The molecule has 82 valence electrons. The Kier molecular flexibility index (Phi) is 2.59. The lowest BCUT2D eigenvalue weighted by Crippen LogP contribution is -2.22. The molecule has 16 heavy (non-hydrogen) atoms. The SMILES string of the molecule is Nc1cc(F)ccc1C(=O)Nn1cccc1. The Hall–Kier alpha value is -2.30. The lowest BCUT2D eigenvalue weighted by atomic mass is 10.1. The van der Waals surface area contributed by atoms with Gasteiger partial charge in [0.25, 0.3) is 5.91 Å². The van der Waals surface area contributed by atoms with Gasteiger partial charge in [-0.2, -0.15) is 0 Å². The van der Waals surface area contributed by atoms with Crippen LogP contribution in [0.1, 0.15) is 10.4 Å². The molecule has 0 saturated carbocycles. The van der Waals surface area contributed by atoms with E-state index in [4.69, 9.17) is 5.73 Å². The van der Waals surface area contributed by atoms with Gasteiger partial charge in [-0.05, 0) is 30.3 Å². The summed E-state index contributed by atoms with van der Waals surface area (Å²) in [7, 11) is 0. The van der Waals surface area contributed by atoms with E-state index in [1.165, 1.54) is 16.8 Å². The van der Waals surface area contributed by atoms with E-state index in [1.807, 2.05) is 0 Å². The van der Waals surface area contributed by atoms with Gasteiger partial charge in [0.15, 0.2) is 0 Å². The second kappa shape index (κ2) is 4.06. The largest absolute Gasteiger partial charge is 0.398 e. The summed E-state index contributed by atoms with van der Waals surface area (Å²) in [4.78, 5) is 11.7. The van der Waals surface area contributed by atoms with Crippen LogP contribution in [0.5, 0.6) is 0 Å². The number of nitrogen functional groups attached to an aromatic ring is 1. The predicted octanol–water partition coefficient (Wildman–Crippen LogP) is 1.59. The first kappa shape index (κ1) is 10.2. The molecule has 0 aliphatic rings. The summed E-state index contributed by atoms with van der Waals surface area (Å²) in [5, 5.41) is 0. The normalized spacial score (nSPS) is 10.1. The standard InChI is InChI=1S/C11H10FN3O/c12-8-3-4-9(10(13)7-8)11(16)14-15-5-1-2-6-15/h1-7H,13H2,(H,14,16). The van der Waals surface area contributed by atoms with Crippen molar-refractivity contribution in [3.05, 3.63) is 54.1 Å². The van der Waals surface area contributed by atoms with Crippen molar-refractivity contribution in [3.8, 4) is 0 Å². The van der Waals surface area contributed by atoms with Gasteiger partial charge in [-0.3, -0.25) is 14.9 Å². The summed E-state index contributed by atoms with van der Waals surface area (Å²) in [6.45, 7) is 0. The molecule has 5 heteroatoms. The molecule has 0 atom stereocenters. The highest BCUT2D eigenvalue weighted by molar-refractivity contribution is 6.04. The van der Waals surface area contributed by atoms with Gasteiger partial charge in [0.05, 0.1) is 5.56 Å². The topological polar surface area (TPSA) is 60.1 Å². The van der Waals surface area contributed by atoms with Crippen molar-refractivity contribution < 1.29 is 9.18 Å². The maximum Gasteiger partial charge on any atom is 0.272 e. The summed E-state index contributed by atoms with van der Waals surface area (Å²) in [6, 6.07) is 7.21. The van der Waals surface area contributed by atoms with Gasteiger partial charge in [0.2, 0.25) is 0 Å². The number of halogens is 1. The average molecular weight is 219 g/mol. The summed E-state index contributed by atoms with van der Waals surface area (Å²) in [5.74, 6) is -0.844.